The number of piperazine rings is 1. The number of amides is 2. The Bertz CT molecular complexity index is 499. The molecule has 6 nitrogen and oxygen atoms in total. The van der Waals surface area contributed by atoms with Crippen molar-refractivity contribution in [2.75, 3.05) is 45.9 Å². The van der Waals surface area contributed by atoms with Gasteiger partial charge in [0.2, 0.25) is 5.91 Å². The molecule has 1 fully saturated rings. The molecule has 0 aliphatic carbocycles. The molecule has 23 heavy (non-hydrogen) atoms. The van der Waals surface area contributed by atoms with Crippen molar-refractivity contribution in [2.45, 2.75) is 13.3 Å². The number of hydrogen-bond acceptors (Lipinski definition) is 4. The van der Waals surface area contributed by atoms with Crippen molar-refractivity contribution in [1.29, 1.82) is 0 Å². The minimum absolute atomic E-state index is 0.0848. The Labute approximate surface area is 137 Å². The first-order valence-corrected chi connectivity index (χ1v) is 8.15. The van der Waals surface area contributed by atoms with Gasteiger partial charge in [0, 0.05) is 26.2 Å². The van der Waals surface area contributed by atoms with Crippen LogP contribution in [0.4, 0.5) is 4.79 Å². The predicted octanol–water partition coefficient (Wildman–Crippen LogP) is 1.12. The molecule has 2 rings (SSSR count). The minimum atomic E-state index is -0.291. The highest BCUT2D eigenvalue weighted by Gasteiger charge is 2.24. The summed E-state index contributed by atoms with van der Waals surface area (Å²) in [5.41, 5.74) is 1.26. The Morgan fingerprint density at radius 2 is 1.74 bits per heavy atom. The molecule has 0 bridgehead atoms. The van der Waals surface area contributed by atoms with Crippen molar-refractivity contribution >= 4 is 12.0 Å². The standard InChI is InChI=1S/C17H25N3O3/c1-2-23-17(22)20-12-10-19(11-13-20)16(21)14-18-9-8-15-6-4-3-5-7-15/h3-7,18H,2,8-14H2,1H3. The van der Waals surface area contributed by atoms with Gasteiger partial charge in [0.15, 0.2) is 0 Å². The van der Waals surface area contributed by atoms with E-state index in [-0.39, 0.29) is 12.0 Å². The van der Waals surface area contributed by atoms with Gasteiger partial charge in [0.05, 0.1) is 13.2 Å². The Balaban J connectivity index is 1.62. The maximum absolute atomic E-state index is 12.1. The van der Waals surface area contributed by atoms with E-state index in [4.69, 9.17) is 4.74 Å². The lowest BCUT2D eigenvalue weighted by Gasteiger charge is -2.34. The van der Waals surface area contributed by atoms with Crippen LogP contribution in [-0.4, -0.2) is 67.7 Å². The number of nitrogens with zero attached hydrogens (tertiary/aromatic N) is 2. The lowest BCUT2D eigenvalue weighted by molar-refractivity contribution is -0.131. The molecule has 1 saturated heterocycles. The summed E-state index contributed by atoms with van der Waals surface area (Å²) < 4.78 is 4.97. The van der Waals surface area contributed by atoms with Crippen LogP contribution in [0.5, 0.6) is 0 Å². The van der Waals surface area contributed by atoms with Gasteiger partial charge >= 0.3 is 6.09 Å². The first-order chi connectivity index (χ1) is 11.2. The summed E-state index contributed by atoms with van der Waals surface area (Å²) in [6.07, 6.45) is 0.616. The molecule has 6 heteroatoms. The maximum Gasteiger partial charge on any atom is 0.409 e. The molecule has 1 N–H and O–H groups in total. The fourth-order valence-corrected chi connectivity index (χ4v) is 2.54. The van der Waals surface area contributed by atoms with Crippen LogP contribution >= 0.6 is 0 Å². The molecular weight excluding hydrogens is 294 g/mol. The number of hydrogen-bond donors (Lipinski definition) is 1. The number of rotatable bonds is 6. The van der Waals surface area contributed by atoms with E-state index in [0.29, 0.717) is 39.3 Å². The molecule has 1 aliphatic rings. The van der Waals surface area contributed by atoms with Gasteiger partial charge in [-0.2, -0.15) is 0 Å². The summed E-state index contributed by atoms with van der Waals surface area (Å²) in [6, 6.07) is 10.2. The summed E-state index contributed by atoms with van der Waals surface area (Å²) in [5, 5.41) is 3.19. The molecule has 0 saturated carbocycles. The van der Waals surface area contributed by atoms with E-state index in [1.54, 1.807) is 16.7 Å². The molecule has 0 atom stereocenters. The fourth-order valence-electron chi connectivity index (χ4n) is 2.54. The lowest BCUT2D eigenvalue weighted by atomic mass is 10.1. The first-order valence-electron chi connectivity index (χ1n) is 8.15. The Hall–Kier alpha value is -2.08. The fraction of sp³-hybridized carbons (Fsp3) is 0.529. The zero-order valence-electron chi connectivity index (χ0n) is 13.7. The molecule has 1 aromatic rings. The molecule has 1 aromatic carbocycles. The monoisotopic (exact) mass is 319 g/mol. The van der Waals surface area contributed by atoms with E-state index in [0.717, 1.165) is 13.0 Å². The van der Waals surface area contributed by atoms with Gasteiger partial charge in [-0.1, -0.05) is 30.3 Å². The van der Waals surface area contributed by atoms with Crippen LogP contribution in [0, 0.1) is 0 Å². The van der Waals surface area contributed by atoms with Crippen LogP contribution in [0.3, 0.4) is 0 Å². The van der Waals surface area contributed by atoms with Crippen LogP contribution in [0.1, 0.15) is 12.5 Å². The van der Waals surface area contributed by atoms with Gasteiger partial charge < -0.3 is 19.9 Å². The third kappa shape index (κ3) is 5.56. The summed E-state index contributed by atoms with van der Waals surface area (Å²) in [5.74, 6) is 0.0848. The van der Waals surface area contributed by atoms with Gasteiger partial charge in [-0.05, 0) is 25.5 Å². The molecule has 126 valence electrons. The van der Waals surface area contributed by atoms with Crippen molar-refractivity contribution in [1.82, 2.24) is 15.1 Å². The minimum Gasteiger partial charge on any atom is -0.450 e. The van der Waals surface area contributed by atoms with Gasteiger partial charge in [0.25, 0.3) is 0 Å². The second kappa shape index (κ2) is 9.15. The average molecular weight is 319 g/mol. The number of carbonyl (C=O) groups excluding carboxylic acids is 2. The third-order valence-corrected chi connectivity index (χ3v) is 3.87. The molecule has 0 radical (unpaired) electrons. The molecular formula is C17H25N3O3. The van der Waals surface area contributed by atoms with E-state index in [1.165, 1.54) is 5.56 Å². The van der Waals surface area contributed by atoms with Crippen molar-refractivity contribution in [3.63, 3.8) is 0 Å². The molecule has 1 heterocycles. The van der Waals surface area contributed by atoms with Crippen LogP contribution in [0.15, 0.2) is 30.3 Å². The van der Waals surface area contributed by atoms with E-state index < -0.39 is 0 Å². The van der Waals surface area contributed by atoms with Crippen molar-refractivity contribution in [3.8, 4) is 0 Å². The zero-order valence-corrected chi connectivity index (χ0v) is 13.7. The SMILES string of the molecule is CCOC(=O)N1CCN(C(=O)CNCCc2ccccc2)CC1. The zero-order chi connectivity index (χ0) is 16.5. The summed E-state index contributed by atoms with van der Waals surface area (Å²) in [7, 11) is 0. The van der Waals surface area contributed by atoms with E-state index in [1.807, 2.05) is 18.2 Å². The van der Waals surface area contributed by atoms with Crippen LogP contribution < -0.4 is 5.32 Å². The lowest BCUT2D eigenvalue weighted by Crippen LogP contribution is -2.52. The molecule has 0 aromatic heterocycles. The molecule has 0 spiro atoms. The Morgan fingerprint density at radius 1 is 1.09 bits per heavy atom. The Kier molecular flexibility index (Phi) is 6.87. The Morgan fingerprint density at radius 3 is 2.39 bits per heavy atom. The number of benzene rings is 1. The summed E-state index contributed by atoms with van der Waals surface area (Å²) in [4.78, 5) is 27.2. The molecule has 0 unspecified atom stereocenters. The van der Waals surface area contributed by atoms with Crippen LogP contribution in [-0.2, 0) is 16.0 Å². The van der Waals surface area contributed by atoms with Gasteiger partial charge in [-0.3, -0.25) is 4.79 Å². The molecule has 2 amide bonds. The van der Waals surface area contributed by atoms with Crippen molar-refractivity contribution in [2.24, 2.45) is 0 Å². The average Bonchev–Trinajstić information content (AvgIpc) is 2.60. The largest absolute Gasteiger partial charge is 0.450 e. The number of ether oxygens (including phenoxy) is 1. The predicted molar refractivity (Wildman–Crippen MR) is 88.2 cm³/mol. The highest BCUT2D eigenvalue weighted by atomic mass is 16.6. The van der Waals surface area contributed by atoms with E-state index >= 15 is 0 Å². The van der Waals surface area contributed by atoms with Crippen molar-refractivity contribution in [3.05, 3.63) is 35.9 Å². The summed E-state index contributed by atoms with van der Waals surface area (Å²) in [6.45, 7) is 5.49. The molecule has 1 aliphatic heterocycles. The second-order valence-corrected chi connectivity index (χ2v) is 5.48. The second-order valence-electron chi connectivity index (χ2n) is 5.48. The van der Waals surface area contributed by atoms with Crippen LogP contribution in [0.2, 0.25) is 0 Å². The third-order valence-electron chi connectivity index (χ3n) is 3.87. The maximum atomic E-state index is 12.1. The van der Waals surface area contributed by atoms with E-state index in [9.17, 15) is 9.59 Å². The smallest absolute Gasteiger partial charge is 0.409 e. The van der Waals surface area contributed by atoms with Crippen molar-refractivity contribution < 1.29 is 14.3 Å². The van der Waals surface area contributed by atoms with Crippen LogP contribution in [0.25, 0.3) is 0 Å². The highest BCUT2D eigenvalue weighted by Crippen LogP contribution is 2.04. The summed E-state index contributed by atoms with van der Waals surface area (Å²) >= 11 is 0. The van der Waals surface area contributed by atoms with Gasteiger partial charge in [-0.25, -0.2) is 4.79 Å². The topological polar surface area (TPSA) is 61.9 Å². The normalized spacial score (nSPS) is 14.7. The van der Waals surface area contributed by atoms with Gasteiger partial charge in [-0.15, -0.1) is 0 Å². The quantitative estimate of drug-likeness (QED) is 0.798. The first kappa shape index (κ1) is 17.3. The number of carbonyl (C=O) groups is 2. The van der Waals surface area contributed by atoms with E-state index in [2.05, 4.69) is 17.4 Å². The van der Waals surface area contributed by atoms with Gasteiger partial charge in [0.1, 0.15) is 0 Å². The number of nitrogens with one attached hydrogen (secondary N) is 1. The highest BCUT2D eigenvalue weighted by molar-refractivity contribution is 5.78.